The third kappa shape index (κ3) is 4.14. The van der Waals surface area contributed by atoms with E-state index in [1.165, 1.54) is 0 Å². The molecular formula is C12H17BrFN3O3S. The monoisotopic (exact) mass is 381 g/mol. The number of amides is 1. The molecule has 0 bridgehead atoms. The number of hydrogen-bond donors (Lipinski definition) is 2. The molecule has 0 atom stereocenters. The summed E-state index contributed by atoms with van der Waals surface area (Å²) in [6.07, 6.45) is 0. The molecule has 1 amide bonds. The number of hydrogen-bond acceptors (Lipinski definition) is 4. The number of halogens is 2. The molecule has 0 saturated heterocycles. The topological polar surface area (TPSA) is 92.5 Å². The smallest absolute Gasteiger partial charge is 0.246 e. The molecule has 0 unspecified atom stereocenters. The summed E-state index contributed by atoms with van der Waals surface area (Å²) >= 11 is 3.02. The maximum absolute atomic E-state index is 13.9. The number of nitrogen functional groups attached to an aromatic ring is 1. The Bertz CT molecular complexity index is 637. The number of nitrogens with one attached hydrogen (secondary N) is 1. The van der Waals surface area contributed by atoms with Crippen molar-refractivity contribution in [2.75, 3.05) is 25.4 Å². The Morgan fingerprint density at radius 2 is 2.05 bits per heavy atom. The molecule has 0 saturated carbocycles. The van der Waals surface area contributed by atoms with Crippen molar-refractivity contribution in [1.82, 2.24) is 9.62 Å². The SMILES string of the molecule is CCNC(=O)CN(CC)S(=O)(=O)c1cc(N)c(Br)cc1F. The number of nitrogens with zero attached hydrogens (tertiary/aromatic N) is 1. The summed E-state index contributed by atoms with van der Waals surface area (Å²) < 4.78 is 39.9. The van der Waals surface area contributed by atoms with Crippen molar-refractivity contribution >= 4 is 37.5 Å². The minimum Gasteiger partial charge on any atom is -0.398 e. The summed E-state index contributed by atoms with van der Waals surface area (Å²) in [4.78, 5) is 11.0. The van der Waals surface area contributed by atoms with Crippen LogP contribution < -0.4 is 11.1 Å². The molecule has 0 radical (unpaired) electrons. The summed E-state index contributed by atoms with van der Waals surface area (Å²) in [5.74, 6) is -1.38. The Morgan fingerprint density at radius 3 is 2.57 bits per heavy atom. The van der Waals surface area contributed by atoms with Crippen LogP contribution in [-0.2, 0) is 14.8 Å². The van der Waals surface area contributed by atoms with Crippen molar-refractivity contribution in [3.8, 4) is 0 Å². The molecule has 118 valence electrons. The largest absolute Gasteiger partial charge is 0.398 e. The van der Waals surface area contributed by atoms with Gasteiger partial charge in [-0.3, -0.25) is 4.79 Å². The van der Waals surface area contributed by atoms with Crippen LogP contribution in [0.5, 0.6) is 0 Å². The molecule has 0 spiro atoms. The van der Waals surface area contributed by atoms with E-state index in [2.05, 4.69) is 21.2 Å². The van der Waals surface area contributed by atoms with Gasteiger partial charge in [-0.15, -0.1) is 0 Å². The highest BCUT2D eigenvalue weighted by Gasteiger charge is 2.28. The average Bonchev–Trinajstić information content (AvgIpc) is 2.40. The quantitative estimate of drug-likeness (QED) is 0.726. The van der Waals surface area contributed by atoms with Crippen molar-refractivity contribution in [2.24, 2.45) is 0 Å². The van der Waals surface area contributed by atoms with Crippen LogP contribution in [0.3, 0.4) is 0 Å². The van der Waals surface area contributed by atoms with Gasteiger partial charge in [0.2, 0.25) is 15.9 Å². The number of nitrogens with two attached hydrogens (primary N) is 1. The molecule has 6 nitrogen and oxygen atoms in total. The summed E-state index contributed by atoms with van der Waals surface area (Å²) in [5, 5.41) is 2.50. The fraction of sp³-hybridized carbons (Fsp3) is 0.417. The lowest BCUT2D eigenvalue weighted by Crippen LogP contribution is -2.40. The van der Waals surface area contributed by atoms with E-state index in [0.717, 1.165) is 16.4 Å². The number of anilines is 1. The third-order valence-corrected chi connectivity index (χ3v) is 5.34. The lowest BCUT2D eigenvalue weighted by atomic mass is 10.3. The first-order chi connectivity index (χ1) is 9.73. The summed E-state index contributed by atoms with van der Waals surface area (Å²) in [5.41, 5.74) is 5.70. The van der Waals surface area contributed by atoms with Gasteiger partial charge in [0.05, 0.1) is 6.54 Å². The van der Waals surface area contributed by atoms with E-state index in [9.17, 15) is 17.6 Å². The van der Waals surface area contributed by atoms with Gasteiger partial charge in [-0.2, -0.15) is 4.31 Å². The highest BCUT2D eigenvalue weighted by molar-refractivity contribution is 9.10. The standard InChI is InChI=1S/C12H17BrFN3O3S/c1-3-16-12(18)7-17(4-2)21(19,20)11-6-10(15)8(13)5-9(11)14/h5-6H,3-4,7,15H2,1-2H3,(H,16,18). The minimum absolute atomic E-state index is 0.0366. The maximum Gasteiger partial charge on any atom is 0.246 e. The molecule has 1 aromatic rings. The zero-order valence-corrected chi connectivity index (χ0v) is 14.1. The lowest BCUT2D eigenvalue weighted by Gasteiger charge is -2.20. The van der Waals surface area contributed by atoms with Gasteiger partial charge in [-0.05, 0) is 35.0 Å². The molecule has 1 aromatic carbocycles. The number of benzene rings is 1. The second-order valence-corrected chi connectivity index (χ2v) is 6.95. The van der Waals surface area contributed by atoms with Gasteiger partial charge in [0.1, 0.15) is 10.7 Å². The van der Waals surface area contributed by atoms with Gasteiger partial charge in [-0.25, -0.2) is 12.8 Å². The average molecular weight is 382 g/mol. The Morgan fingerprint density at radius 1 is 1.43 bits per heavy atom. The van der Waals surface area contributed by atoms with E-state index < -0.39 is 26.6 Å². The molecule has 0 heterocycles. The van der Waals surface area contributed by atoms with Crippen LogP contribution in [0.2, 0.25) is 0 Å². The molecule has 0 fully saturated rings. The molecule has 0 aliphatic carbocycles. The van der Waals surface area contributed by atoms with E-state index in [1.54, 1.807) is 13.8 Å². The highest BCUT2D eigenvalue weighted by atomic mass is 79.9. The van der Waals surface area contributed by atoms with Crippen LogP contribution in [0.25, 0.3) is 0 Å². The number of rotatable bonds is 6. The van der Waals surface area contributed by atoms with Gasteiger partial charge in [0, 0.05) is 23.2 Å². The molecule has 0 aliphatic heterocycles. The Balaban J connectivity index is 3.19. The number of sulfonamides is 1. The van der Waals surface area contributed by atoms with E-state index in [4.69, 9.17) is 5.73 Å². The third-order valence-electron chi connectivity index (χ3n) is 2.72. The van der Waals surface area contributed by atoms with Crippen LogP contribution in [0.15, 0.2) is 21.5 Å². The van der Waals surface area contributed by atoms with Crippen molar-refractivity contribution < 1.29 is 17.6 Å². The number of carbonyl (C=O) groups is 1. The van der Waals surface area contributed by atoms with E-state index >= 15 is 0 Å². The van der Waals surface area contributed by atoms with Gasteiger partial charge in [-0.1, -0.05) is 6.92 Å². The van der Waals surface area contributed by atoms with Crippen molar-refractivity contribution in [3.63, 3.8) is 0 Å². The second-order valence-electron chi connectivity index (χ2n) is 4.19. The van der Waals surface area contributed by atoms with Gasteiger partial charge in [0.15, 0.2) is 0 Å². The molecular weight excluding hydrogens is 365 g/mol. The Labute approximate surface area is 131 Å². The molecule has 3 N–H and O–H groups in total. The van der Waals surface area contributed by atoms with Gasteiger partial charge >= 0.3 is 0 Å². The van der Waals surface area contributed by atoms with Crippen LogP contribution in [-0.4, -0.2) is 38.3 Å². The lowest BCUT2D eigenvalue weighted by molar-refractivity contribution is -0.121. The van der Waals surface area contributed by atoms with Crippen LogP contribution >= 0.6 is 15.9 Å². The highest BCUT2D eigenvalue weighted by Crippen LogP contribution is 2.27. The zero-order valence-electron chi connectivity index (χ0n) is 11.7. The van der Waals surface area contributed by atoms with Crippen molar-refractivity contribution in [2.45, 2.75) is 18.7 Å². The van der Waals surface area contributed by atoms with Crippen LogP contribution in [0, 0.1) is 5.82 Å². The fourth-order valence-electron chi connectivity index (χ4n) is 1.66. The van der Waals surface area contributed by atoms with Crippen molar-refractivity contribution in [1.29, 1.82) is 0 Å². The van der Waals surface area contributed by atoms with Gasteiger partial charge < -0.3 is 11.1 Å². The van der Waals surface area contributed by atoms with E-state index in [-0.39, 0.29) is 23.2 Å². The zero-order chi connectivity index (χ0) is 16.2. The normalized spacial score (nSPS) is 11.7. The van der Waals surface area contributed by atoms with Crippen LogP contribution in [0.1, 0.15) is 13.8 Å². The molecule has 1 rings (SSSR count). The minimum atomic E-state index is -4.14. The molecule has 9 heteroatoms. The summed E-state index contributed by atoms with van der Waals surface area (Å²) in [6, 6.07) is 2.03. The predicted octanol–water partition coefficient (Wildman–Crippen LogP) is 1.32. The summed E-state index contributed by atoms with van der Waals surface area (Å²) in [6.45, 7) is 3.33. The summed E-state index contributed by atoms with van der Waals surface area (Å²) in [7, 11) is -4.14. The van der Waals surface area contributed by atoms with Crippen LogP contribution in [0.4, 0.5) is 10.1 Å². The van der Waals surface area contributed by atoms with E-state index in [0.29, 0.717) is 6.54 Å². The number of likely N-dealkylation sites (N-methyl/N-ethyl adjacent to an activating group) is 2. The molecule has 0 aromatic heterocycles. The first kappa shape index (κ1) is 17.9. The fourth-order valence-corrected chi connectivity index (χ4v) is 3.46. The Hall–Kier alpha value is -1.19. The van der Waals surface area contributed by atoms with Gasteiger partial charge in [0.25, 0.3) is 0 Å². The Kier molecular flexibility index (Phi) is 6.11. The number of carbonyl (C=O) groups excluding carboxylic acids is 1. The second kappa shape index (κ2) is 7.19. The molecule has 0 aliphatic rings. The van der Waals surface area contributed by atoms with E-state index in [1.807, 2.05) is 0 Å². The first-order valence-corrected chi connectivity index (χ1v) is 8.48. The molecule has 21 heavy (non-hydrogen) atoms. The van der Waals surface area contributed by atoms with Crippen molar-refractivity contribution in [3.05, 3.63) is 22.4 Å². The first-order valence-electron chi connectivity index (χ1n) is 6.25. The maximum atomic E-state index is 13.9. The predicted molar refractivity (Wildman–Crippen MR) is 81.6 cm³/mol.